The third-order valence-electron chi connectivity index (χ3n) is 3.42. The van der Waals surface area contributed by atoms with Crippen LogP contribution in [0, 0.1) is 0 Å². The van der Waals surface area contributed by atoms with Gasteiger partial charge in [0.25, 0.3) is 0 Å². The van der Waals surface area contributed by atoms with Crippen molar-refractivity contribution in [1.29, 1.82) is 0 Å². The number of hydrogen-bond acceptors (Lipinski definition) is 4. The summed E-state index contributed by atoms with van der Waals surface area (Å²) in [6.07, 6.45) is 2.71. The third-order valence-corrected chi connectivity index (χ3v) is 4.46. The molecule has 2 aromatic rings. The molecule has 142 valence electrons. The van der Waals surface area contributed by atoms with E-state index in [9.17, 15) is 0 Å². The van der Waals surface area contributed by atoms with E-state index in [1.807, 2.05) is 24.3 Å². The maximum absolute atomic E-state index is 5.69. The lowest BCUT2D eigenvalue weighted by Gasteiger charge is -2.12. The van der Waals surface area contributed by atoms with Crippen molar-refractivity contribution in [3.05, 3.63) is 58.6 Å². The van der Waals surface area contributed by atoms with E-state index in [0.717, 1.165) is 40.9 Å². The van der Waals surface area contributed by atoms with Crippen LogP contribution < -0.4 is 15.4 Å². The van der Waals surface area contributed by atoms with Crippen LogP contribution in [0.1, 0.15) is 30.1 Å². The molecule has 0 unspecified atom stereocenters. The molecular formula is C19H27IN4OS. The predicted molar refractivity (Wildman–Crippen MR) is 121 cm³/mol. The Morgan fingerprint density at radius 1 is 1.31 bits per heavy atom. The first kappa shape index (κ1) is 22.4. The maximum Gasteiger partial charge on any atom is 0.191 e. The van der Waals surface area contributed by atoms with Crippen molar-refractivity contribution < 1.29 is 4.74 Å². The van der Waals surface area contributed by atoms with Crippen molar-refractivity contribution in [2.45, 2.75) is 33.4 Å². The van der Waals surface area contributed by atoms with Crippen molar-refractivity contribution in [3.8, 4) is 5.75 Å². The largest absolute Gasteiger partial charge is 0.489 e. The molecule has 0 saturated heterocycles. The van der Waals surface area contributed by atoms with Gasteiger partial charge in [-0.2, -0.15) is 0 Å². The lowest BCUT2D eigenvalue weighted by Crippen LogP contribution is -2.36. The predicted octanol–water partition coefficient (Wildman–Crippen LogP) is 4.14. The molecule has 0 aliphatic carbocycles. The number of guanidine groups is 1. The van der Waals surface area contributed by atoms with E-state index >= 15 is 0 Å². The lowest BCUT2D eigenvalue weighted by atomic mass is 10.2. The first-order valence-electron chi connectivity index (χ1n) is 8.53. The second-order valence-electron chi connectivity index (χ2n) is 5.34. The molecule has 2 N–H and O–H groups in total. The van der Waals surface area contributed by atoms with Crippen LogP contribution in [0.3, 0.4) is 0 Å². The second-order valence-corrected chi connectivity index (χ2v) is 6.28. The number of aromatic nitrogens is 1. The van der Waals surface area contributed by atoms with Gasteiger partial charge in [-0.25, -0.2) is 9.98 Å². The van der Waals surface area contributed by atoms with Gasteiger partial charge in [-0.05, 0) is 19.4 Å². The minimum absolute atomic E-state index is 0. The summed E-state index contributed by atoms with van der Waals surface area (Å²) in [4.78, 5) is 9.23. The van der Waals surface area contributed by atoms with Gasteiger partial charge in [0, 0.05) is 17.5 Å². The Hall–Kier alpha value is -1.61. The number of benzene rings is 1. The number of thiazole rings is 1. The van der Waals surface area contributed by atoms with E-state index in [1.165, 1.54) is 0 Å². The molecule has 7 heteroatoms. The van der Waals surface area contributed by atoms with Crippen molar-refractivity contribution >= 4 is 41.3 Å². The molecule has 0 spiro atoms. The number of ether oxygens (including phenoxy) is 1. The Kier molecular flexibility index (Phi) is 11.0. The molecule has 0 aliphatic rings. The normalized spacial score (nSPS) is 10.8. The van der Waals surface area contributed by atoms with Crippen LogP contribution in [0.5, 0.6) is 5.75 Å². The van der Waals surface area contributed by atoms with Gasteiger partial charge in [-0.1, -0.05) is 37.8 Å². The number of halogens is 1. The van der Waals surface area contributed by atoms with Crippen molar-refractivity contribution in [1.82, 2.24) is 15.6 Å². The Balaban J connectivity index is 0.00000338. The molecule has 1 aromatic heterocycles. The molecule has 0 bridgehead atoms. The zero-order chi connectivity index (χ0) is 17.9. The number of rotatable bonds is 9. The van der Waals surface area contributed by atoms with Crippen molar-refractivity contribution in [2.24, 2.45) is 4.99 Å². The van der Waals surface area contributed by atoms with Crippen molar-refractivity contribution in [3.63, 3.8) is 0 Å². The summed E-state index contributed by atoms with van der Waals surface area (Å²) in [5, 5.41) is 9.85. The fourth-order valence-corrected chi connectivity index (χ4v) is 2.94. The summed E-state index contributed by atoms with van der Waals surface area (Å²) in [5.74, 6) is 1.61. The molecular weight excluding hydrogens is 459 g/mol. The highest BCUT2D eigenvalue weighted by Gasteiger charge is 2.05. The minimum atomic E-state index is 0. The number of aliphatic imine (C=N–C) groups is 1. The zero-order valence-electron chi connectivity index (χ0n) is 15.3. The monoisotopic (exact) mass is 486 g/mol. The highest BCUT2D eigenvalue weighted by molar-refractivity contribution is 14.0. The van der Waals surface area contributed by atoms with Crippen LogP contribution in [0.4, 0.5) is 0 Å². The van der Waals surface area contributed by atoms with Gasteiger partial charge in [0.15, 0.2) is 5.96 Å². The number of aryl methyl sites for hydroxylation is 1. The molecule has 0 atom stereocenters. The maximum atomic E-state index is 5.69. The lowest BCUT2D eigenvalue weighted by molar-refractivity contribution is 0.359. The molecule has 0 aliphatic heterocycles. The number of nitrogens with zero attached hydrogens (tertiary/aromatic N) is 2. The van der Waals surface area contributed by atoms with Crippen LogP contribution >= 0.6 is 35.3 Å². The summed E-state index contributed by atoms with van der Waals surface area (Å²) in [6, 6.07) is 7.94. The van der Waals surface area contributed by atoms with Crippen LogP contribution in [0.2, 0.25) is 0 Å². The van der Waals surface area contributed by atoms with Gasteiger partial charge in [0.05, 0.1) is 23.8 Å². The Morgan fingerprint density at radius 2 is 2.12 bits per heavy atom. The number of hydrogen-bond donors (Lipinski definition) is 2. The first-order chi connectivity index (χ1) is 12.3. The highest BCUT2D eigenvalue weighted by Crippen LogP contribution is 2.18. The first-order valence-corrected chi connectivity index (χ1v) is 9.41. The van der Waals surface area contributed by atoms with Crippen LogP contribution in [-0.2, 0) is 19.5 Å². The van der Waals surface area contributed by atoms with E-state index in [0.29, 0.717) is 19.7 Å². The van der Waals surface area contributed by atoms with Crippen LogP contribution in [0.25, 0.3) is 0 Å². The summed E-state index contributed by atoms with van der Waals surface area (Å²) in [6.45, 7) is 10.4. The third kappa shape index (κ3) is 7.33. The highest BCUT2D eigenvalue weighted by atomic mass is 127. The van der Waals surface area contributed by atoms with Crippen LogP contribution in [-0.4, -0.2) is 24.1 Å². The van der Waals surface area contributed by atoms with Gasteiger partial charge in [-0.15, -0.1) is 35.3 Å². The van der Waals surface area contributed by atoms with Gasteiger partial charge in [0.2, 0.25) is 0 Å². The molecule has 0 radical (unpaired) electrons. The number of nitrogens with one attached hydrogen (secondary N) is 2. The number of para-hydroxylation sites is 1. The molecule has 26 heavy (non-hydrogen) atoms. The molecule has 0 amide bonds. The molecule has 2 rings (SSSR count). The van der Waals surface area contributed by atoms with E-state index in [-0.39, 0.29) is 24.0 Å². The van der Waals surface area contributed by atoms with E-state index in [2.05, 4.69) is 46.4 Å². The standard InChI is InChI=1S/C19H26N4OS.HI/c1-4-11-24-17-10-8-7-9-15(17)12-21-19(20-6-3)22-13-16-14-25-18(5-2)23-16;/h4,7-10,14H,1,5-6,11-13H2,2-3H3,(H2,20,21,22);1H. The minimum Gasteiger partial charge on any atom is -0.489 e. The SMILES string of the molecule is C=CCOc1ccccc1CN=C(NCC)NCc1csc(CC)n1.I. The quantitative estimate of drug-likeness (QED) is 0.242. The van der Waals surface area contributed by atoms with Gasteiger partial charge >= 0.3 is 0 Å². The summed E-state index contributed by atoms with van der Waals surface area (Å²) < 4.78 is 5.69. The van der Waals surface area contributed by atoms with Crippen LogP contribution in [0.15, 0.2) is 47.3 Å². The average Bonchev–Trinajstić information content (AvgIpc) is 3.11. The summed E-state index contributed by atoms with van der Waals surface area (Å²) in [5.41, 5.74) is 2.09. The zero-order valence-corrected chi connectivity index (χ0v) is 18.5. The van der Waals surface area contributed by atoms with E-state index in [4.69, 9.17) is 4.74 Å². The summed E-state index contributed by atoms with van der Waals surface area (Å²) in [7, 11) is 0. The van der Waals surface area contributed by atoms with E-state index < -0.39 is 0 Å². The van der Waals surface area contributed by atoms with Gasteiger partial charge < -0.3 is 15.4 Å². The fraction of sp³-hybridized carbons (Fsp3) is 0.368. The molecule has 5 nitrogen and oxygen atoms in total. The average molecular weight is 486 g/mol. The molecule has 0 fully saturated rings. The fourth-order valence-electron chi connectivity index (χ4n) is 2.20. The van der Waals surface area contributed by atoms with Crippen molar-refractivity contribution in [2.75, 3.05) is 13.2 Å². The molecule has 1 heterocycles. The summed E-state index contributed by atoms with van der Waals surface area (Å²) >= 11 is 1.70. The molecule has 0 saturated carbocycles. The Bertz CT molecular complexity index is 702. The Labute approximate surface area is 177 Å². The topological polar surface area (TPSA) is 58.5 Å². The van der Waals surface area contributed by atoms with Gasteiger partial charge in [0.1, 0.15) is 12.4 Å². The van der Waals surface area contributed by atoms with Gasteiger partial charge in [-0.3, -0.25) is 0 Å². The van der Waals surface area contributed by atoms with E-state index in [1.54, 1.807) is 17.4 Å². The molecule has 1 aromatic carbocycles. The Morgan fingerprint density at radius 3 is 2.81 bits per heavy atom. The smallest absolute Gasteiger partial charge is 0.191 e. The second kappa shape index (κ2) is 12.7.